The second-order valence-corrected chi connectivity index (χ2v) is 4.48. The third-order valence-corrected chi connectivity index (χ3v) is 3.16. The summed E-state index contributed by atoms with van der Waals surface area (Å²) in [6.07, 6.45) is 10.2. The lowest BCUT2D eigenvalue weighted by molar-refractivity contribution is 1.04. The van der Waals surface area contributed by atoms with Crippen LogP contribution >= 0.6 is 0 Å². The van der Waals surface area contributed by atoms with E-state index in [4.69, 9.17) is 5.26 Å². The molecule has 1 nitrogen and oxygen atoms in total. The third-order valence-electron chi connectivity index (χ3n) is 3.16. The van der Waals surface area contributed by atoms with Gasteiger partial charge in [0.05, 0.1) is 6.07 Å². The minimum Gasteiger partial charge on any atom is -0.198 e. The lowest BCUT2D eigenvalue weighted by Crippen LogP contribution is -1.88. The summed E-state index contributed by atoms with van der Waals surface area (Å²) in [5.74, 6) is 0. The zero-order valence-electron chi connectivity index (χ0n) is 10.5. The Labute approximate surface area is 109 Å². The molecule has 0 saturated heterocycles. The predicted octanol–water partition coefficient (Wildman–Crippen LogP) is 4.74. The molecular weight excluding hydrogens is 218 g/mol. The molecule has 0 heterocycles. The summed E-state index contributed by atoms with van der Waals surface area (Å²) in [5.41, 5.74) is 4.73. The first-order valence-corrected chi connectivity index (χ1v) is 6.33. The fraction of sp³-hybridized carbons (Fsp3) is 0.235. The van der Waals surface area contributed by atoms with Crippen LogP contribution in [0.4, 0.5) is 0 Å². The molecule has 18 heavy (non-hydrogen) atoms. The molecule has 1 aliphatic carbocycles. The smallest absolute Gasteiger partial charge is 0.0625 e. The van der Waals surface area contributed by atoms with Gasteiger partial charge in [-0.1, -0.05) is 49.1 Å². The molecule has 0 aliphatic heterocycles. The van der Waals surface area contributed by atoms with Gasteiger partial charge in [0, 0.05) is 6.42 Å². The van der Waals surface area contributed by atoms with Gasteiger partial charge in [-0.3, -0.25) is 0 Å². The summed E-state index contributed by atoms with van der Waals surface area (Å²) >= 11 is 0. The Morgan fingerprint density at radius 1 is 1.22 bits per heavy atom. The maximum Gasteiger partial charge on any atom is 0.0625 e. The summed E-state index contributed by atoms with van der Waals surface area (Å²) in [5, 5.41) is 8.57. The highest BCUT2D eigenvalue weighted by molar-refractivity contribution is 5.76. The highest BCUT2D eigenvalue weighted by Gasteiger charge is 2.03. The van der Waals surface area contributed by atoms with Gasteiger partial charge in [0.1, 0.15) is 0 Å². The molecule has 0 saturated carbocycles. The van der Waals surface area contributed by atoms with Crippen LogP contribution in [0.15, 0.2) is 49.1 Å². The van der Waals surface area contributed by atoms with Crippen LogP contribution in [-0.2, 0) is 0 Å². The van der Waals surface area contributed by atoms with Gasteiger partial charge in [0.25, 0.3) is 0 Å². The molecule has 0 spiro atoms. The SMILES string of the molecule is C=C(CCC#N)c1ccc(C2=CCCC=C2)cc1. The van der Waals surface area contributed by atoms with Gasteiger partial charge in [0.15, 0.2) is 0 Å². The van der Waals surface area contributed by atoms with Crippen LogP contribution in [0.1, 0.15) is 36.8 Å². The lowest BCUT2D eigenvalue weighted by Gasteiger charge is -2.09. The van der Waals surface area contributed by atoms with Gasteiger partial charge >= 0.3 is 0 Å². The number of nitriles is 1. The average molecular weight is 235 g/mol. The van der Waals surface area contributed by atoms with Crippen molar-refractivity contribution in [3.8, 4) is 6.07 Å². The maximum absolute atomic E-state index is 8.57. The third kappa shape index (κ3) is 2.99. The van der Waals surface area contributed by atoms with Gasteiger partial charge < -0.3 is 0 Å². The van der Waals surface area contributed by atoms with E-state index >= 15 is 0 Å². The zero-order valence-corrected chi connectivity index (χ0v) is 10.5. The quantitative estimate of drug-likeness (QED) is 0.739. The number of rotatable bonds is 4. The van der Waals surface area contributed by atoms with Crippen molar-refractivity contribution < 1.29 is 0 Å². The molecule has 0 N–H and O–H groups in total. The lowest BCUT2D eigenvalue weighted by atomic mass is 9.96. The molecule has 1 aromatic rings. The molecule has 90 valence electrons. The predicted molar refractivity (Wildman–Crippen MR) is 76.7 cm³/mol. The number of hydrogen-bond donors (Lipinski definition) is 0. The van der Waals surface area contributed by atoms with Gasteiger partial charge in [-0.25, -0.2) is 0 Å². The minimum atomic E-state index is 0.536. The Hall–Kier alpha value is -2.07. The van der Waals surface area contributed by atoms with Gasteiger partial charge in [-0.05, 0) is 41.5 Å². The van der Waals surface area contributed by atoms with Crippen LogP contribution in [0, 0.1) is 11.3 Å². The van der Waals surface area contributed by atoms with Crippen molar-refractivity contribution in [2.75, 3.05) is 0 Å². The van der Waals surface area contributed by atoms with Gasteiger partial charge in [-0.2, -0.15) is 5.26 Å². The molecule has 0 aromatic heterocycles. The van der Waals surface area contributed by atoms with Crippen LogP contribution in [-0.4, -0.2) is 0 Å². The summed E-state index contributed by atoms with van der Waals surface area (Å²) < 4.78 is 0. The fourth-order valence-corrected chi connectivity index (χ4v) is 2.08. The number of benzene rings is 1. The van der Waals surface area contributed by atoms with Crippen LogP contribution in [0.2, 0.25) is 0 Å². The van der Waals surface area contributed by atoms with Crippen LogP contribution in [0.25, 0.3) is 11.1 Å². The molecule has 0 fully saturated rings. The van der Waals surface area contributed by atoms with E-state index in [2.05, 4.69) is 55.1 Å². The van der Waals surface area contributed by atoms with Crippen molar-refractivity contribution in [3.63, 3.8) is 0 Å². The monoisotopic (exact) mass is 235 g/mol. The highest BCUT2D eigenvalue weighted by atomic mass is 14.2. The van der Waals surface area contributed by atoms with Crippen LogP contribution in [0.5, 0.6) is 0 Å². The number of nitrogens with zero attached hydrogens (tertiary/aromatic N) is 1. The highest BCUT2D eigenvalue weighted by Crippen LogP contribution is 2.24. The molecule has 2 rings (SSSR count). The standard InChI is InChI=1S/C17H17N/c1-14(6-5-13-18)15-9-11-17(12-10-15)16-7-3-2-4-8-16/h3,7-12H,1-2,4-6H2. The first kappa shape index (κ1) is 12.4. The molecule has 0 atom stereocenters. The number of allylic oxidation sites excluding steroid dienone is 5. The molecule has 0 amide bonds. The second kappa shape index (κ2) is 6.02. The minimum absolute atomic E-state index is 0.536. The van der Waals surface area contributed by atoms with E-state index in [0.717, 1.165) is 30.4 Å². The van der Waals surface area contributed by atoms with Crippen molar-refractivity contribution >= 4 is 11.1 Å². The molecule has 0 unspecified atom stereocenters. The normalized spacial score (nSPS) is 13.8. The van der Waals surface area contributed by atoms with Crippen molar-refractivity contribution in [2.45, 2.75) is 25.7 Å². The molecule has 1 heteroatoms. The molecule has 1 aromatic carbocycles. The van der Waals surface area contributed by atoms with E-state index in [9.17, 15) is 0 Å². The Balaban J connectivity index is 2.10. The first-order valence-electron chi connectivity index (χ1n) is 6.33. The van der Waals surface area contributed by atoms with E-state index in [1.54, 1.807) is 0 Å². The maximum atomic E-state index is 8.57. The fourth-order valence-electron chi connectivity index (χ4n) is 2.08. The first-order chi connectivity index (χ1) is 8.81. The van der Waals surface area contributed by atoms with Crippen LogP contribution < -0.4 is 0 Å². The molecule has 0 radical (unpaired) electrons. The van der Waals surface area contributed by atoms with E-state index in [0.29, 0.717) is 6.42 Å². The van der Waals surface area contributed by atoms with Crippen molar-refractivity contribution in [2.24, 2.45) is 0 Å². The second-order valence-electron chi connectivity index (χ2n) is 4.48. The van der Waals surface area contributed by atoms with E-state index in [-0.39, 0.29) is 0 Å². The summed E-state index contributed by atoms with van der Waals surface area (Å²) in [6, 6.07) is 10.6. The van der Waals surface area contributed by atoms with Gasteiger partial charge in [0.2, 0.25) is 0 Å². The van der Waals surface area contributed by atoms with Gasteiger partial charge in [-0.15, -0.1) is 0 Å². The van der Waals surface area contributed by atoms with Crippen molar-refractivity contribution in [1.29, 1.82) is 5.26 Å². The zero-order chi connectivity index (χ0) is 12.8. The van der Waals surface area contributed by atoms with E-state index < -0.39 is 0 Å². The largest absolute Gasteiger partial charge is 0.198 e. The number of hydrogen-bond acceptors (Lipinski definition) is 1. The Morgan fingerprint density at radius 3 is 2.61 bits per heavy atom. The Bertz CT molecular complexity index is 524. The molecule has 0 bridgehead atoms. The Morgan fingerprint density at radius 2 is 2.00 bits per heavy atom. The molecule has 1 aliphatic rings. The van der Waals surface area contributed by atoms with Crippen molar-refractivity contribution in [3.05, 3.63) is 60.2 Å². The van der Waals surface area contributed by atoms with Crippen LogP contribution in [0.3, 0.4) is 0 Å². The van der Waals surface area contributed by atoms with E-state index in [1.807, 2.05) is 0 Å². The summed E-state index contributed by atoms with van der Waals surface area (Å²) in [6.45, 7) is 4.02. The average Bonchev–Trinajstić information content (AvgIpc) is 2.46. The van der Waals surface area contributed by atoms with E-state index in [1.165, 1.54) is 11.1 Å². The molecular formula is C17H17N. The Kier molecular flexibility index (Phi) is 4.15. The topological polar surface area (TPSA) is 23.8 Å². The summed E-state index contributed by atoms with van der Waals surface area (Å²) in [7, 11) is 0. The summed E-state index contributed by atoms with van der Waals surface area (Å²) in [4.78, 5) is 0. The van der Waals surface area contributed by atoms with Crippen molar-refractivity contribution in [1.82, 2.24) is 0 Å².